The molecule has 0 amide bonds. The summed E-state index contributed by atoms with van der Waals surface area (Å²) in [5.74, 6) is 0. The second kappa shape index (κ2) is 11.2. The first-order valence-corrected chi connectivity index (χ1v) is 18.6. The average Bonchev–Trinajstić information content (AvgIpc) is 3.52. The molecule has 0 unspecified atom stereocenters. The zero-order chi connectivity index (χ0) is 35.4. The Balaban J connectivity index is 1.30. The van der Waals surface area contributed by atoms with Crippen LogP contribution in [0.3, 0.4) is 0 Å². The number of anilines is 6. The number of aromatic nitrogens is 1. The number of benzene rings is 8. The zero-order valence-corrected chi connectivity index (χ0v) is 30.0. The van der Waals surface area contributed by atoms with Gasteiger partial charge in [-0.25, -0.2) is 0 Å². The molecule has 0 atom stereocenters. The molecule has 0 saturated carbocycles. The lowest BCUT2D eigenvalue weighted by atomic mass is 9.33. The summed E-state index contributed by atoms with van der Waals surface area (Å²) >= 11 is 0. The largest absolute Gasteiger partial charge is 0.311 e. The smallest absolute Gasteiger partial charge is 0.252 e. The lowest BCUT2D eigenvalue weighted by molar-refractivity contribution is 1.16. The lowest BCUT2D eigenvalue weighted by Gasteiger charge is -2.44. The molecule has 0 fully saturated rings. The van der Waals surface area contributed by atoms with Crippen LogP contribution in [0.2, 0.25) is 0 Å². The predicted molar refractivity (Wildman–Crippen MR) is 227 cm³/mol. The van der Waals surface area contributed by atoms with Crippen molar-refractivity contribution >= 4 is 89.8 Å². The molecule has 4 heteroatoms. The molecule has 2 aliphatic heterocycles. The Morgan fingerprint density at radius 1 is 0.377 bits per heavy atom. The maximum absolute atomic E-state index is 2.53. The highest BCUT2D eigenvalue weighted by molar-refractivity contribution is 7.00. The fourth-order valence-corrected chi connectivity index (χ4v) is 9.13. The van der Waals surface area contributed by atoms with Gasteiger partial charge in [-0.2, -0.15) is 0 Å². The van der Waals surface area contributed by atoms with Crippen LogP contribution in [-0.4, -0.2) is 11.3 Å². The number of para-hydroxylation sites is 2. The van der Waals surface area contributed by atoms with Crippen LogP contribution in [0.15, 0.2) is 164 Å². The van der Waals surface area contributed by atoms with Crippen molar-refractivity contribution in [3.05, 3.63) is 180 Å². The molecular formula is C49H36BN3. The second-order valence-electron chi connectivity index (χ2n) is 14.9. The quantitative estimate of drug-likeness (QED) is 0.173. The molecule has 250 valence electrons. The minimum Gasteiger partial charge on any atom is -0.311 e. The van der Waals surface area contributed by atoms with E-state index in [1.165, 1.54) is 88.4 Å². The van der Waals surface area contributed by atoms with Gasteiger partial charge in [0.1, 0.15) is 0 Å². The van der Waals surface area contributed by atoms with Crippen LogP contribution in [0.25, 0.3) is 38.3 Å². The van der Waals surface area contributed by atoms with Gasteiger partial charge < -0.3 is 14.4 Å². The highest BCUT2D eigenvalue weighted by Gasteiger charge is 2.44. The van der Waals surface area contributed by atoms with Gasteiger partial charge in [0.05, 0.1) is 16.7 Å². The Kier molecular flexibility index (Phi) is 6.39. The Bertz CT molecular complexity index is 2900. The monoisotopic (exact) mass is 677 g/mol. The maximum Gasteiger partial charge on any atom is 0.252 e. The van der Waals surface area contributed by atoms with Crippen molar-refractivity contribution < 1.29 is 0 Å². The van der Waals surface area contributed by atoms with E-state index in [1.54, 1.807) is 0 Å². The first-order chi connectivity index (χ1) is 26.0. The Labute approximate surface area is 310 Å². The molecule has 9 aromatic rings. The van der Waals surface area contributed by atoms with Gasteiger partial charge in [-0.15, -0.1) is 0 Å². The number of aryl methyl sites for hydroxylation is 3. The number of hydrogen-bond donors (Lipinski definition) is 0. The van der Waals surface area contributed by atoms with E-state index in [0.717, 1.165) is 17.1 Å². The lowest BCUT2D eigenvalue weighted by Crippen LogP contribution is -2.61. The van der Waals surface area contributed by atoms with Gasteiger partial charge in [0.2, 0.25) is 0 Å². The van der Waals surface area contributed by atoms with E-state index < -0.39 is 0 Å². The maximum atomic E-state index is 2.53. The van der Waals surface area contributed by atoms with Crippen LogP contribution in [0.1, 0.15) is 16.7 Å². The third-order valence-electron chi connectivity index (χ3n) is 11.5. The first-order valence-electron chi connectivity index (χ1n) is 18.6. The minimum absolute atomic E-state index is 0.0652. The third-order valence-corrected chi connectivity index (χ3v) is 11.5. The molecule has 3 nitrogen and oxygen atoms in total. The molecule has 53 heavy (non-hydrogen) atoms. The van der Waals surface area contributed by atoms with Crippen molar-refractivity contribution in [1.82, 2.24) is 4.57 Å². The van der Waals surface area contributed by atoms with Gasteiger partial charge in [-0.1, -0.05) is 120 Å². The highest BCUT2D eigenvalue weighted by atomic mass is 15.2. The highest BCUT2D eigenvalue weighted by Crippen LogP contribution is 2.46. The predicted octanol–water partition coefficient (Wildman–Crippen LogP) is 10.9. The number of nitrogens with zero attached hydrogens (tertiary/aromatic N) is 3. The van der Waals surface area contributed by atoms with Crippen molar-refractivity contribution in [3.63, 3.8) is 0 Å². The van der Waals surface area contributed by atoms with E-state index in [0.29, 0.717) is 0 Å². The minimum atomic E-state index is 0.0652. The number of hydrogen-bond acceptors (Lipinski definition) is 2. The molecule has 11 rings (SSSR count). The molecule has 0 saturated heterocycles. The molecule has 0 bridgehead atoms. The Morgan fingerprint density at radius 3 is 1.51 bits per heavy atom. The van der Waals surface area contributed by atoms with E-state index in [4.69, 9.17) is 0 Å². The molecule has 8 aromatic carbocycles. The van der Waals surface area contributed by atoms with Crippen LogP contribution in [0.5, 0.6) is 0 Å². The summed E-state index contributed by atoms with van der Waals surface area (Å²) < 4.78 is 2.47. The summed E-state index contributed by atoms with van der Waals surface area (Å²) in [5.41, 5.74) is 18.5. The van der Waals surface area contributed by atoms with E-state index in [-0.39, 0.29) is 6.71 Å². The summed E-state index contributed by atoms with van der Waals surface area (Å²) in [4.78, 5) is 5.04. The molecule has 0 radical (unpaired) electrons. The van der Waals surface area contributed by atoms with Crippen molar-refractivity contribution in [1.29, 1.82) is 0 Å². The molecule has 0 aliphatic carbocycles. The van der Waals surface area contributed by atoms with Crippen LogP contribution in [0.4, 0.5) is 34.1 Å². The molecular weight excluding hydrogens is 641 g/mol. The zero-order valence-electron chi connectivity index (χ0n) is 30.0. The number of rotatable bonds is 3. The molecule has 0 N–H and O–H groups in total. The summed E-state index contributed by atoms with van der Waals surface area (Å²) in [7, 11) is 0. The van der Waals surface area contributed by atoms with Crippen molar-refractivity contribution in [2.45, 2.75) is 20.8 Å². The van der Waals surface area contributed by atoms with Crippen LogP contribution in [0, 0.1) is 20.8 Å². The fourth-order valence-electron chi connectivity index (χ4n) is 9.13. The summed E-state index contributed by atoms with van der Waals surface area (Å²) in [6.45, 7) is 6.68. The third kappa shape index (κ3) is 4.42. The standard InChI is InChI=1S/C49H36BN3/c1-31-16-21-36(22-17-31)51-45-24-18-32(2)26-41(45)50-42-27-33(3)19-25-46(42)52(37-23-20-34-10-4-5-11-35(34)28-37)48-30-38(29-47(51)49(48)50)53-43-14-8-6-12-39(43)40-13-7-9-15-44(40)53/h4-30H,1-3H3. The van der Waals surface area contributed by atoms with E-state index >= 15 is 0 Å². The van der Waals surface area contributed by atoms with Gasteiger partial charge in [-0.3, -0.25) is 0 Å². The number of fused-ring (bicyclic) bond motifs is 8. The molecule has 3 heterocycles. The summed E-state index contributed by atoms with van der Waals surface area (Å²) in [6.07, 6.45) is 0. The average molecular weight is 678 g/mol. The van der Waals surface area contributed by atoms with Gasteiger partial charge in [-0.05, 0) is 109 Å². The van der Waals surface area contributed by atoms with Crippen molar-refractivity contribution in [2.24, 2.45) is 0 Å². The Morgan fingerprint density at radius 2 is 0.887 bits per heavy atom. The first kappa shape index (κ1) is 30.1. The van der Waals surface area contributed by atoms with Crippen molar-refractivity contribution in [3.8, 4) is 5.69 Å². The SMILES string of the molecule is Cc1ccc(N2c3ccc(C)cc3B3c4cc(C)ccc4N(c4ccc5ccccc5c4)c4cc(-n5c6ccccc6c6ccccc65)cc2c43)cc1. The van der Waals surface area contributed by atoms with E-state index in [2.05, 4.69) is 199 Å². The summed E-state index contributed by atoms with van der Waals surface area (Å²) in [5, 5.41) is 4.99. The summed E-state index contributed by atoms with van der Waals surface area (Å²) in [6, 6.07) is 61.3. The normalized spacial score (nSPS) is 13.1. The van der Waals surface area contributed by atoms with E-state index in [1.807, 2.05) is 0 Å². The van der Waals surface area contributed by atoms with Gasteiger partial charge in [0, 0.05) is 44.9 Å². The van der Waals surface area contributed by atoms with E-state index in [9.17, 15) is 0 Å². The van der Waals surface area contributed by atoms with Gasteiger partial charge in [0.15, 0.2) is 0 Å². The topological polar surface area (TPSA) is 11.4 Å². The van der Waals surface area contributed by atoms with Crippen LogP contribution < -0.4 is 26.2 Å². The van der Waals surface area contributed by atoms with Crippen molar-refractivity contribution in [2.75, 3.05) is 9.80 Å². The fraction of sp³-hybridized carbons (Fsp3) is 0.0612. The second-order valence-corrected chi connectivity index (χ2v) is 14.9. The molecule has 0 spiro atoms. The van der Waals surface area contributed by atoms with Crippen LogP contribution in [-0.2, 0) is 0 Å². The van der Waals surface area contributed by atoms with Gasteiger partial charge >= 0.3 is 0 Å². The molecule has 1 aromatic heterocycles. The van der Waals surface area contributed by atoms with Crippen LogP contribution >= 0.6 is 0 Å². The molecule has 2 aliphatic rings. The van der Waals surface area contributed by atoms with Gasteiger partial charge in [0.25, 0.3) is 6.71 Å². The Hall–Kier alpha value is -6.52.